The summed E-state index contributed by atoms with van der Waals surface area (Å²) in [6.45, 7) is 3.60. The van der Waals surface area contributed by atoms with E-state index >= 15 is 0 Å². The minimum atomic E-state index is -0.895. The second-order valence-electron chi connectivity index (χ2n) is 8.02. The maximum absolute atomic E-state index is 13.5. The summed E-state index contributed by atoms with van der Waals surface area (Å²) >= 11 is 0. The van der Waals surface area contributed by atoms with E-state index in [0.717, 1.165) is 25.7 Å². The summed E-state index contributed by atoms with van der Waals surface area (Å²) in [5.74, 6) is -0.488. The van der Waals surface area contributed by atoms with Gasteiger partial charge in [0.15, 0.2) is 5.76 Å². The third-order valence-corrected chi connectivity index (χ3v) is 5.71. The first-order valence-corrected chi connectivity index (χ1v) is 11.2. The van der Waals surface area contributed by atoms with Crippen LogP contribution < -0.4 is 15.4 Å². The van der Waals surface area contributed by atoms with Crippen LogP contribution in [0.5, 0.6) is 5.75 Å². The zero-order valence-corrected chi connectivity index (χ0v) is 18.9. The van der Waals surface area contributed by atoms with Gasteiger partial charge in [0, 0.05) is 12.6 Å². The highest BCUT2D eigenvalue weighted by molar-refractivity contribution is 5.95. The van der Waals surface area contributed by atoms with Crippen LogP contribution in [0.1, 0.15) is 54.3 Å². The molecule has 1 fully saturated rings. The summed E-state index contributed by atoms with van der Waals surface area (Å²) in [4.78, 5) is 40.3. The molecule has 1 aromatic heterocycles. The smallest absolute Gasteiger partial charge is 0.287 e. The maximum Gasteiger partial charge on any atom is 0.287 e. The van der Waals surface area contributed by atoms with Crippen molar-refractivity contribution in [3.63, 3.8) is 0 Å². The topological polar surface area (TPSA) is 101 Å². The number of ether oxygens (including phenoxy) is 1. The number of furan rings is 1. The summed E-state index contributed by atoms with van der Waals surface area (Å²) in [5.41, 5.74) is 0.621. The molecule has 3 rings (SSSR count). The Morgan fingerprint density at radius 2 is 2.00 bits per heavy atom. The molecular formula is C25H31N3O5. The van der Waals surface area contributed by atoms with E-state index in [1.165, 1.54) is 23.7 Å². The quantitative estimate of drug-likeness (QED) is 0.538. The standard InChI is InChI=1S/C25H31N3O5/c1-3-14-28(22(29)17-26-24(30)21-13-8-15-33-21)23(18-9-7-12-20(16-18)32-2)25(31)27-19-10-5-4-6-11-19/h3,7-9,12-13,15-16,19,23H,1,4-6,10-11,14,17H2,2H3,(H,26,30)(H,27,31)/t23-/m0/s1. The zero-order chi connectivity index (χ0) is 23.6. The average molecular weight is 454 g/mol. The number of methoxy groups -OCH3 is 1. The Bertz CT molecular complexity index is 951. The van der Waals surface area contributed by atoms with Crippen LogP contribution in [0.2, 0.25) is 0 Å². The molecule has 8 heteroatoms. The minimum Gasteiger partial charge on any atom is -0.497 e. The van der Waals surface area contributed by atoms with Crippen molar-refractivity contribution in [2.24, 2.45) is 0 Å². The summed E-state index contributed by atoms with van der Waals surface area (Å²) in [6, 6.07) is 9.39. The van der Waals surface area contributed by atoms with E-state index in [1.807, 2.05) is 0 Å². The first-order chi connectivity index (χ1) is 16.0. The van der Waals surface area contributed by atoms with E-state index in [2.05, 4.69) is 17.2 Å². The Kier molecular flexibility index (Phi) is 8.69. The number of hydrogen-bond acceptors (Lipinski definition) is 5. The molecule has 176 valence electrons. The Hall–Kier alpha value is -3.55. The molecule has 1 aliphatic rings. The van der Waals surface area contributed by atoms with Gasteiger partial charge in [-0.15, -0.1) is 6.58 Å². The summed E-state index contributed by atoms with van der Waals surface area (Å²) in [5, 5.41) is 5.68. The monoisotopic (exact) mass is 453 g/mol. The average Bonchev–Trinajstić information content (AvgIpc) is 3.38. The van der Waals surface area contributed by atoms with Gasteiger partial charge in [-0.1, -0.05) is 37.5 Å². The first-order valence-electron chi connectivity index (χ1n) is 11.2. The Morgan fingerprint density at radius 1 is 1.21 bits per heavy atom. The molecule has 2 aromatic rings. The number of hydrogen-bond donors (Lipinski definition) is 2. The van der Waals surface area contributed by atoms with E-state index in [4.69, 9.17) is 9.15 Å². The summed E-state index contributed by atoms with van der Waals surface area (Å²) < 4.78 is 10.4. The van der Waals surface area contributed by atoms with Gasteiger partial charge in [-0.25, -0.2) is 0 Å². The molecule has 1 saturated carbocycles. The predicted molar refractivity (Wildman–Crippen MR) is 124 cm³/mol. The molecule has 0 unspecified atom stereocenters. The van der Waals surface area contributed by atoms with Gasteiger partial charge in [0.2, 0.25) is 11.8 Å². The predicted octanol–water partition coefficient (Wildman–Crippen LogP) is 3.22. The van der Waals surface area contributed by atoms with Gasteiger partial charge in [0.1, 0.15) is 11.8 Å². The normalized spacial score (nSPS) is 14.7. The lowest BCUT2D eigenvalue weighted by Crippen LogP contribution is -2.49. The second kappa shape index (κ2) is 11.9. The van der Waals surface area contributed by atoms with Gasteiger partial charge >= 0.3 is 0 Å². The lowest BCUT2D eigenvalue weighted by atomic mass is 9.94. The number of rotatable bonds is 10. The number of nitrogens with zero attached hydrogens (tertiary/aromatic N) is 1. The van der Waals surface area contributed by atoms with Crippen molar-refractivity contribution >= 4 is 17.7 Å². The molecule has 1 heterocycles. The van der Waals surface area contributed by atoms with Gasteiger partial charge in [0.05, 0.1) is 19.9 Å². The van der Waals surface area contributed by atoms with Gasteiger partial charge < -0.3 is 24.7 Å². The van der Waals surface area contributed by atoms with Crippen LogP contribution in [0.3, 0.4) is 0 Å². The van der Waals surface area contributed by atoms with Crippen molar-refractivity contribution in [1.29, 1.82) is 0 Å². The van der Waals surface area contributed by atoms with E-state index in [1.54, 1.807) is 43.5 Å². The van der Waals surface area contributed by atoms with Gasteiger partial charge in [-0.2, -0.15) is 0 Å². The van der Waals surface area contributed by atoms with Crippen molar-refractivity contribution in [2.45, 2.75) is 44.2 Å². The molecule has 33 heavy (non-hydrogen) atoms. The number of benzene rings is 1. The van der Waals surface area contributed by atoms with E-state index in [9.17, 15) is 14.4 Å². The van der Waals surface area contributed by atoms with Crippen molar-refractivity contribution < 1.29 is 23.5 Å². The fourth-order valence-corrected chi connectivity index (χ4v) is 4.05. The molecule has 2 N–H and O–H groups in total. The molecule has 0 radical (unpaired) electrons. The third kappa shape index (κ3) is 6.47. The lowest BCUT2D eigenvalue weighted by molar-refractivity contribution is -0.139. The maximum atomic E-state index is 13.5. The molecule has 8 nitrogen and oxygen atoms in total. The molecule has 1 aliphatic carbocycles. The molecule has 0 saturated heterocycles. The van der Waals surface area contributed by atoms with Crippen molar-refractivity contribution in [3.05, 3.63) is 66.6 Å². The Morgan fingerprint density at radius 3 is 2.67 bits per heavy atom. The van der Waals surface area contributed by atoms with Crippen LogP contribution in [-0.4, -0.2) is 48.9 Å². The molecule has 0 bridgehead atoms. The van der Waals surface area contributed by atoms with E-state index < -0.39 is 17.9 Å². The van der Waals surface area contributed by atoms with Crippen LogP contribution in [0.25, 0.3) is 0 Å². The Balaban J connectivity index is 1.83. The van der Waals surface area contributed by atoms with Crippen LogP contribution in [0.15, 0.2) is 59.7 Å². The minimum absolute atomic E-state index is 0.0821. The lowest BCUT2D eigenvalue weighted by Gasteiger charge is -2.33. The molecule has 0 spiro atoms. The first kappa shape index (κ1) is 24.1. The van der Waals surface area contributed by atoms with Crippen LogP contribution in [0.4, 0.5) is 0 Å². The molecule has 0 aliphatic heterocycles. The van der Waals surface area contributed by atoms with Crippen LogP contribution >= 0.6 is 0 Å². The summed E-state index contributed by atoms with van der Waals surface area (Å²) in [6.07, 6.45) is 8.10. The van der Waals surface area contributed by atoms with Crippen molar-refractivity contribution in [2.75, 3.05) is 20.2 Å². The summed E-state index contributed by atoms with van der Waals surface area (Å²) in [7, 11) is 1.55. The van der Waals surface area contributed by atoms with Crippen molar-refractivity contribution in [3.8, 4) is 5.75 Å². The largest absolute Gasteiger partial charge is 0.497 e. The highest BCUT2D eigenvalue weighted by Gasteiger charge is 2.32. The highest BCUT2D eigenvalue weighted by Crippen LogP contribution is 2.26. The van der Waals surface area contributed by atoms with Crippen LogP contribution in [-0.2, 0) is 9.59 Å². The van der Waals surface area contributed by atoms with E-state index in [0.29, 0.717) is 11.3 Å². The fourth-order valence-electron chi connectivity index (χ4n) is 4.05. The molecule has 3 amide bonds. The van der Waals surface area contributed by atoms with E-state index in [-0.39, 0.29) is 30.8 Å². The number of carbonyl (C=O) groups excluding carboxylic acids is 3. The molecular weight excluding hydrogens is 422 g/mol. The second-order valence-corrected chi connectivity index (χ2v) is 8.02. The molecule has 1 atom stereocenters. The zero-order valence-electron chi connectivity index (χ0n) is 18.9. The van der Waals surface area contributed by atoms with Gasteiger partial charge in [-0.3, -0.25) is 14.4 Å². The fraction of sp³-hybridized carbons (Fsp3) is 0.400. The number of carbonyl (C=O) groups is 3. The van der Waals surface area contributed by atoms with Gasteiger partial charge in [-0.05, 0) is 42.7 Å². The van der Waals surface area contributed by atoms with Crippen molar-refractivity contribution in [1.82, 2.24) is 15.5 Å². The van der Waals surface area contributed by atoms with Gasteiger partial charge in [0.25, 0.3) is 5.91 Å². The number of nitrogens with one attached hydrogen (secondary N) is 2. The molecule has 1 aromatic carbocycles. The number of amides is 3. The Labute approximate surface area is 194 Å². The third-order valence-electron chi connectivity index (χ3n) is 5.71. The SMILES string of the molecule is C=CCN(C(=O)CNC(=O)c1ccco1)[C@H](C(=O)NC1CCCCC1)c1cccc(OC)c1. The van der Waals surface area contributed by atoms with Crippen LogP contribution in [0, 0.1) is 0 Å². The highest BCUT2D eigenvalue weighted by atomic mass is 16.5.